The SMILES string of the molecule is Cc1ccc(F)c(C(=O)NCC(C)C#N)c1F. The summed E-state index contributed by atoms with van der Waals surface area (Å²) in [7, 11) is 0. The topological polar surface area (TPSA) is 52.9 Å². The first-order chi connectivity index (χ1) is 7.97. The molecule has 0 bridgehead atoms. The molecule has 0 heterocycles. The average molecular weight is 238 g/mol. The van der Waals surface area contributed by atoms with E-state index in [0.29, 0.717) is 0 Å². The Morgan fingerprint density at radius 2 is 2.18 bits per heavy atom. The number of aryl methyl sites for hydroxylation is 1. The van der Waals surface area contributed by atoms with Crippen LogP contribution in [-0.4, -0.2) is 12.5 Å². The van der Waals surface area contributed by atoms with Crippen LogP contribution in [0.15, 0.2) is 12.1 Å². The van der Waals surface area contributed by atoms with Gasteiger partial charge >= 0.3 is 0 Å². The molecule has 1 unspecified atom stereocenters. The molecule has 1 amide bonds. The van der Waals surface area contributed by atoms with Gasteiger partial charge in [0.15, 0.2) is 0 Å². The quantitative estimate of drug-likeness (QED) is 0.877. The van der Waals surface area contributed by atoms with Gasteiger partial charge in [-0.05, 0) is 25.5 Å². The first kappa shape index (κ1) is 13.1. The third-order valence-electron chi connectivity index (χ3n) is 2.30. The number of halogens is 2. The summed E-state index contributed by atoms with van der Waals surface area (Å²) in [5, 5.41) is 10.8. The van der Waals surface area contributed by atoms with Crippen LogP contribution in [0.2, 0.25) is 0 Å². The van der Waals surface area contributed by atoms with E-state index in [0.717, 1.165) is 6.07 Å². The second-order valence-corrected chi connectivity index (χ2v) is 3.79. The highest BCUT2D eigenvalue weighted by Crippen LogP contribution is 2.16. The number of carbonyl (C=O) groups is 1. The van der Waals surface area contributed by atoms with Crippen LogP contribution >= 0.6 is 0 Å². The molecule has 1 aromatic carbocycles. The third kappa shape index (κ3) is 3.00. The zero-order chi connectivity index (χ0) is 13.0. The summed E-state index contributed by atoms with van der Waals surface area (Å²) in [5.74, 6) is -3.02. The minimum Gasteiger partial charge on any atom is -0.351 e. The Balaban J connectivity index is 2.90. The lowest BCUT2D eigenvalue weighted by atomic mass is 10.1. The molecule has 5 heteroatoms. The third-order valence-corrected chi connectivity index (χ3v) is 2.30. The van der Waals surface area contributed by atoms with Crippen molar-refractivity contribution in [1.82, 2.24) is 5.32 Å². The number of benzene rings is 1. The molecule has 0 aromatic heterocycles. The smallest absolute Gasteiger partial charge is 0.257 e. The highest BCUT2D eigenvalue weighted by molar-refractivity contribution is 5.95. The molecule has 0 aliphatic rings. The van der Waals surface area contributed by atoms with Crippen LogP contribution in [-0.2, 0) is 0 Å². The summed E-state index contributed by atoms with van der Waals surface area (Å²) < 4.78 is 26.9. The number of nitrogens with one attached hydrogen (secondary N) is 1. The van der Waals surface area contributed by atoms with Gasteiger partial charge in [0.25, 0.3) is 5.91 Å². The van der Waals surface area contributed by atoms with Gasteiger partial charge in [0.05, 0.1) is 12.0 Å². The molecular formula is C12H12F2N2O. The predicted molar refractivity (Wildman–Crippen MR) is 58.2 cm³/mol. The largest absolute Gasteiger partial charge is 0.351 e. The van der Waals surface area contributed by atoms with Crippen LogP contribution in [0.4, 0.5) is 8.78 Å². The molecule has 1 aromatic rings. The van der Waals surface area contributed by atoms with Crippen molar-refractivity contribution >= 4 is 5.91 Å². The summed E-state index contributed by atoms with van der Waals surface area (Å²) in [4.78, 5) is 11.6. The van der Waals surface area contributed by atoms with Crippen molar-refractivity contribution in [3.8, 4) is 6.07 Å². The normalized spacial score (nSPS) is 11.7. The Morgan fingerprint density at radius 1 is 1.53 bits per heavy atom. The van der Waals surface area contributed by atoms with Gasteiger partial charge in [0, 0.05) is 6.54 Å². The molecule has 0 radical (unpaired) electrons. The molecule has 17 heavy (non-hydrogen) atoms. The molecular weight excluding hydrogens is 226 g/mol. The highest BCUT2D eigenvalue weighted by atomic mass is 19.1. The fraction of sp³-hybridized carbons (Fsp3) is 0.333. The van der Waals surface area contributed by atoms with Crippen LogP contribution in [0.3, 0.4) is 0 Å². The molecule has 1 atom stereocenters. The molecule has 1 N–H and O–H groups in total. The molecule has 1 rings (SSSR count). The Kier molecular flexibility index (Phi) is 4.16. The maximum absolute atomic E-state index is 13.6. The molecule has 0 saturated carbocycles. The lowest BCUT2D eigenvalue weighted by molar-refractivity contribution is 0.0942. The van der Waals surface area contributed by atoms with E-state index in [1.165, 1.54) is 13.0 Å². The standard InChI is InChI=1S/C12H12F2N2O/c1-7(5-15)6-16-12(17)10-9(13)4-3-8(2)11(10)14/h3-4,7H,6H2,1-2H3,(H,16,17). The molecule has 0 saturated heterocycles. The van der Waals surface area contributed by atoms with Crippen LogP contribution in [0.25, 0.3) is 0 Å². The van der Waals surface area contributed by atoms with Crippen LogP contribution in [0, 0.1) is 35.8 Å². The van der Waals surface area contributed by atoms with Crippen molar-refractivity contribution in [3.63, 3.8) is 0 Å². The summed E-state index contributed by atoms with van der Waals surface area (Å²) in [6, 6.07) is 4.22. The monoisotopic (exact) mass is 238 g/mol. The van der Waals surface area contributed by atoms with Gasteiger partial charge in [-0.1, -0.05) is 6.07 Å². The van der Waals surface area contributed by atoms with E-state index in [4.69, 9.17) is 5.26 Å². The molecule has 0 aliphatic heterocycles. The fourth-order valence-corrected chi connectivity index (χ4v) is 1.24. The Morgan fingerprint density at radius 3 is 2.76 bits per heavy atom. The molecule has 90 valence electrons. The molecule has 0 fully saturated rings. The van der Waals surface area contributed by atoms with Gasteiger partial charge in [-0.15, -0.1) is 0 Å². The predicted octanol–water partition coefficient (Wildman–Crippen LogP) is 2.16. The first-order valence-electron chi connectivity index (χ1n) is 5.09. The van der Waals surface area contributed by atoms with Crippen LogP contribution < -0.4 is 5.32 Å². The zero-order valence-electron chi connectivity index (χ0n) is 9.55. The van der Waals surface area contributed by atoms with E-state index in [2.05, 4.69) is 5.32 Å². The minimum atomic E-state index is -0.907. The van der Waals surface area contributed by atoms with E-state index >= 15 is 0 Å². The summed E-state index contributed by atoms with van der Waals surface area (Å²) in [5.41, 5.74) is -0.403. The second-order valence-electron chi connectivity index (χ2n) is 3.79. The lowest BCUT2D eigenvalue weighted by Gasteiger charge is -2.09. The molecule has 0 spiro atoms. The van der Waals surface area contributed by atoms with Gasteiger partial charge in [0.1, 0.15) is 17.2 Å². The van der Waals surface area contributed by atoms with E-state index in [1.54, 1.807) is 6.92 Å². The van der Waals surface area contributed by atoms with Gasteiger partial charge in [0.2, 0.25) is 0 Å². The van der Waals surface area contributed by atoms with Crippen molar-refractivity contribution in [2.75, 3.05) is 6.54 Å². The summed E-state index contributed by atoms with van der Waals surface area (Å²) >= 11 is 0. The maximum atomic E-state index is 13.6. The fourth-order valence-electron chi connectivity index (χ4n) is 1.24. The summed E-state index contributed by atoms with van der Waals surface area (Å²) in [6.45, 7) is 3.11. The van der Waals surface area contributed by atoms with Gasteiger partial charge in [-0.2, -0.15) is 5.26 Å². The average Bonchev–Trinajstić information content (AvgIpc) is 2.31. The van der Waals surface area contributed by atoms with E-state index in [9.17, 15) is 13.6 Å². The van der Waals surface area contributed by atoms with Gasteiger partial charge in [-0.25, -0.2) is 8.78 Å². The Labute approximate surface area is 98.1 Å². The zero-order valence-corrected chi connectivity index (χ0v) is 9.55. The van der Waals surface area contributed by atoms with E-state index < -0.39 is 29.0 Å². The summed E-state index contributed by atoms with van der Waals surface area (Å²) in [6.07, 6.45) is 0. The van der Waals surface area contributed by atoms with E-state index in [-0.39, 0.29) is 12.1 Å². The Bertz CT molecular complexity index is 480. The maximum Gasteiger partial charge on any atom is 0.257 e. The van der Waals surface area contributed by atoms with E-state index in [1.807, 2.05) is 6.07 Å². The van der Waals surface area contributed by atoms with Crippen LogP contribution in [0.1, 0.15) is 22.8 Å². The number of hydrogen-bond acceptors (Lipinski definition) is 2. The van der Waals surface area contributed by atoms with Gasteiger partial charge < -0.3 is 5.32 Å². The number of nitrogens with zero attached hydrogens (tertiary/aromatic N) is 1. The number of nitriles is 1. The van der Waals surface area contributed by atoms with Crippen molar-refractivity contribution in [2.45, 2.75) is 13.8 Å². The first-order valence-corrected chi connectivity index (χ1v) is 5.09. The second kappa shape index (κ2) is 5.39. The highest BCUT2D eigenvalue weighted by Gasteiger charge is 2.19. The van der Waals surface area contributed by atoms with Crippen molar-refractivity contribution in [2.24, 2.45) is 5.92 Å². The molecule has 0 aliphatic carbocycles. The Hall–Kier alpha value is -1.96. The molecule has 3 nitrogen and oxygen atoms in total. The number of amides is 1. The number of hydrogen-bond donors (Lipinski definition) is 1. The minimum absolute atomic E-state index is 0.0577. The lowest BCUT2D eigenvalue weighted by Crippen LogP contribution is -2.29. The van der Waals surface area contributed by atoms with Crippen LogP contribution in [0.5, 0.6) is 0 Å². The van der Waals surface area contributed by atoms with Gasteiger partial charge in [-0.3, -0.25) is 4.79 Å². The van der Waals surface area contributed by atoms with Crippen molar-refractivity contribution in [3.05, 3.63) is 34.9 Å². The van der Waals surface area contributed by atoms with Crippen molar-refractivity contribution < 1.29 is 13.6 Å². The van der Waals surface area contributed by atoms with Crippen molar-refractivity contribution in [1.29, 1.82) is 5.26 Å². The number of carbonyl (C=O) groups excluding carboxylic acids is 1. The number of rotatable bonds is 3.